The minimum atomic E-state index is -0.853. The van der Waals surface area contributed by atoms with E-state index < -0.39 is 17.5 Å². The van der Waals surface area contributed by atoms with Gasteiger partial charge in [0.1, 0.15) is 24.1 Å². The summed E-state index contributed by atoms with van der Waals surface area (Å²) in [4.78, 5) is 21.7. The van der Waals surface area contributed by atoms with Crippen LogP contribution in [0.15, 0.2) is 36.8 Å². The summed E-state index contributed by atoms with van der Waals surface area (Å²) in [6, 6.07) is 4.60. The maximum atomic E-state index is 13.8. The highest BCUT2D eigenvalue weighted by Crippen LogP contribution is 2.19. The van der Waals surface area contributed by atoms with Crippen LogP contribution in [0.3, 0.4) is 0 Å². The molecule has 7 heteroatoms. The summed E-state index contributed by atoms with van der Waals surface area (Å²) in [6.07, 6.45) is 4.26. The van der Waals surface area contributed by atoms with Gasteiger partial charge in [-0.15, -0.1) is 0 Å². The third-order valence-corrected chi connectivity index (χ3v) is 3.67. The molecular formula is C16H15F2N3O2. The lowest BCUT2D eigenvalue weighted by Crippen LogP contribution is -2.44. The van der Waals surface area contributed by atoms with Gasteiger partial charge in [0.05, 0.1) is 12.1 Å². The molecule has 2 heterocycles. The average molecular weight is 319 g/mol. The van der Waals surface area contributed by atoms with Gasteiger partial charge < -0.3 is 9.64 Å². The quantitative estimate of drug-likeness (QED) is 0.872. The van der Waals surface area contributed by atoms with Gasteiger partial charge in [0.25, 0.3) is 5.91 Å². The largest absolute Gasteiger partial charge is 0.472 e. The summed E-state index contributed by atoms with van der Waals surface area (Å²) in [5.74, 6) is -1.58. The molecule has 0 N–H and O–H groups in total. The number of aromatic nitrogens is 2. The molecule has 1 aromatic heterocycles. The summed E-state index contributed by atoms with van der Waals surface area (Å²) < 4.78 is 32.4. The summed E-state index contributed by atoms with van der Waals surface area (Å²) in [5.41, 5.74) is -0.130. The molecule has 0 aliphatic carbocycles. The zero-order valence-electron chi connectivity index (χ0n) is 12.3. The molecule has 1 unspecified atom stereocenters. The lowest BCUT2D eigenvalue weighted by molar-refractivity contribution is 0.0523. The molecule has 1 atom stereocenters. The molecule has 5 nitrogen and oxygen atoms in total. The highest BCUT2D eigenvalue weighted by atomic mass is 19.1. The second-order valence-corrected chi connectivity index (χ2v) is 5.31. The Kier molecular flexibility index (Phi) is 4.45. The first-order chi connectivity index (χ1) is 11.1. The fourth-order valence-corrected chi connectivity index (χ4v) is 2.57. The number of likely N-dealkylation sites (tertiary alicyclic amines) is 1. The van der Waals surface area contributed by atoms with Crippen LogP contribution in [-0.4, -0.2) is 40.0 Å². The Morgan fingerprint density at radius 3 is 2.91 bits per heavy atom. The van der Waals surface area contributed by atoms with Gasteiger partial charge >= 0.3 is 0 Å². The van der Waals surface area contributed by atoms with Crippen molar-refractivity contribution in [2.45, 2.75) is 18.9 Å². The minimum Gasteiger partial charge on any atom is -0.472 e. The number of hydrogen-bond acceptors (Lipinski definition) is 4. The van der Waals surface area contributed by atoms with Gasteiger partial charge in [-0.05, 0) is 25.0 Å². The summed E-state index contributed by atoms with van der Waals surface area (Å²) in [6.45, 7) is 0.846. The molecule has 0 saturated carbocycles. The van der Waals surface area contributed by atoms with Gasteiger partial charge in [-0.2, -0.15) is 0 Å². The van der Waals surface area contributed by atoms with Crippen LogP contribution < -0.4 is 4.74 Å². The number of halogens is 2. The van der Waals surface area contributed by atoms with Crippen molar-refractivity contribution < 1.29 is 18.3 Å². The van der Waals surface area contributed by atoms with Crippen molar-refractivity contribution in [2.75, 3.05) is 13.1 Å². The smallest absolute Gasteiger partial charge is 0.256 e. The maximum absolute atomic E-state index is 13.8. The summed E-state index contributed by atoms with van der Waals surface area (Å²) in [5, 5.41) is 0. The molecular weight excluding hydrogens is 304 g/mol. The first kappa shape index (κ1) is 15.3. The first-order valence-electron chi connectivity index (χ1n) is 7.30. The van der Waals surface area contributed by atoms with E-state index in [1.807, 2.05) is 0 Å². The number of carbonyl (C=O) groups is 1. The number of rotatable bonds is 3. The van der Waals surface area contributed by atoms with Gasteiger partial charge in [0.15, 0.2) is 0 Å². The molecule has 0 spiro atoms. The van der Waals surface area contributed by atoms with E-state index in [-0.39, 0.29) is 11.7 Å². The standard InChI is InChI=1S/C16H15F2N3O2/c17-11-3-4-13(14(18)8-11)16(22)21-7-1-2-12(9-21)23-15-5-6-19-10-20-15/h3-6,8,10,12H,1-2,7,9H2. The number of nitrogens with zero attached hydrogens (tertiary/aromatic N) is 3. The molecule has 1 aromatic carbocycles. The fraction of sp³-hybridized carbons (Fsp3) is 0.312. The number of piperidine rings is 1. The average Bonchev–Trinajstić information content (AvgIpc) is 2.55. The van der Waals surface area contributed by atoms with E-state index in [0.29, 0.717) is 25.0 Å². The highest BCUT2D eigenvalue weighted by Gasteiger charge is 2.27. The third kappa shape index (κ3) is 3.61. The Labute approximate surface area is 131 Å². The van der Waals surface area contributed by atoms with Crippen LogP contribution >= 0.6 is 0 Å². The molecule has 1 aliphatic rings. The fourth-order valence-electron chi connectivity index (χ4n) is 2.57. The number of amides is 1. The van der Waals surface area contributed by atoms with Crippen molar-refractivity contribution in [1.82, 2.24) is 14.9 Å². The van der Waals surface area contributed by atoms with Crippen LogP contribution in [0.5, 0.6) is 5.88 Å². The Balaban J connectivity index is 1.69. The Hall–Kier alpha value is -2.57. The van der Waals surface area contributed by atoms with Crippen molar-refractivity contribution in [1.29, 1.82) is 0 Å². The van der Waals surface area contributed by atoms with E-state index in [1.165, 1.54) is 17.3 Å². The van der Waals surface area contributed by atoms with Crippen LogP contribution in [0.2, 0.25) is 0 Å². The number of hydrogen-bond donors (Lipinski definition) is 0. The van der Waals surface area contributed by atoms with Crippen LogP contribution in [0.1, 0.15) is 23.2 Å². The minimum absolute atomic E-state index is 0.130. The van der Waals surface area contributed by atoms with Gasteiger partial charge in [-0.1, -0.05) is 0 Å². The Morgan fingerprint density at radius 2 is 2.17 bits per heavy atom. The second-order valence-electron chi connectivity index (χ2n) is 5.31. The molecule has 2 aromatic rings. The van der Waals surface area contributed by atoms with Gasteiger partial charge in [0, 0.05) is 24.9 Å². The molecule has 1 amide bonds. The topological polar surface area (TPSA) is 55.3 Å². The highest BCUT2D eigenvalue weighted by molar-refractivity contribution is 5.94. The van der Waals surface area contributed by atoms with E-state index in [1.54, 1.807) is 12.3 Å². The van der Waals surface area contributed by atoms with Crippen molar-refractivity contribution in [3.8, 4) is 5.88 Å². The SMILES string of the molecule is O=C(c1ccc(F)cc1F)N1CCCC(Oc2ccncn2)C1. The lowest BCUT2D eigenvalue weighted by atomic mass is 10.1. The molecule has 1 aliphatic heterocycles. The third-order valence-electron chi connectivity index (χ3n) is 3.67. The lowest BCUT2D eigenvalue weighted by Gasteiger charge is -2.32. The van der Waals surface area contributed by atoms with Crippen molar-refractivity contribution in [3.63, 3.8) is 0 Å². The molecule has 120 valence electrons. The van der Waals surface area contributed by atoms with Crippen LogP contribution in [0, 0.1) is 11.6 Å². The number of benzene rings is 1. The van der Waals surface area contributed by atoms with E-state index in [0.717, 1.165) is 18.9 Å². The van der Waals surface area contributed by atoms with E-state index in [9.17, 15) is 13.6 Å². The Morgan fingerprint density at radius 1 is 1.30 bits per heavy atom. The monoisotopic (exact) mass is 319 g/mol. The van der Waals surface area contributed by atoms with Gasteiger partial charge in [-0.25, -0.2) is 18.7 Å². The van der Waals surface area contributed by atoms with E-state index in [2.05, 4.69) is 9.97 Å². The first-order valence-corrected chi connectivity index (χ1v) is 7.30. The molecule has 3 rings (SSSR count). The Bertz CT molecular complexity index is 697. The number of ether oxygens (including phenoxy) is 1. The van der Waals surface area contributed by atoms with Crippen molar-refractivity contribution in [3.05, 3.63) is 54.0 Å². The molecule has 0 radical (unpaired) electrons. The van der Waals surface area contributed by atoms with Crippen LogP contribution in [0.25, 0.3) is 0 Å². The zero-order chi connectivity index (χ0) is 16.2. The van der Waals surface area contributed by atoms with E-state index in [4.69, 9.17) is 4.74 Å². The van der Waals surface area contributed by atoms with Gasteiger partial charge in [-0.3, -0.25) is 4.79 Å². The van der Waals surface area contributed by atoms with Crippen molar-refractivity contribution >= 4 is 5.91 Å². The van der Waals surface area contributed by atoms with Crippen molar-refractivity contribution in [2.24, 2.45) is 0 Å². The number of carbonyl (C=O) groups excluding carboxylic acids is 1. The molecule has 23 heavy (non-hydrogen) atoms. The van der Waals surface area contributed by atoms with Crippen LogP contribution in [-0.2, 0) is 0 Å². The molecule has 0 bridgehead atoms. The zero-order valence-corrected chi connectivity index (χ0v) is 12.3. The maximum Gasteiger partial charge on any atom is 0.256 e. The second kappa shape index (κ2) is 6.68. The summed E-state index contributed by atoms with van der Waals surface area (Å²) >= 11 is 0. The predicted molar refractivity (Wildman–Crippen MR) is 77.9 cm³/mol. The van der Waals surface area contributed by atoms with E-state index >= 15 is 0 Å². The molecule has 1 saturated heterocycles. The van der Waals surface area contributed by atoms with Gasteiger partial charge in [0.2, 0.25) is 5.88 Å². The van der Waals surface area contributed by atoms with Crippen LogP contribution in [0.4, 0.5) is 8.78 Å². The summed E-state index contributed by atoms with van der Waals surface area (Å²) in [7, 11) is 0. The normalized spacial score (nSPS) is 17.8. The molecule has 1 fully saturated rings. The predicted octanol–water partition coefficient (Wildman–Crippen LogP) is 2.44.